The van der Waals surface area contributed by atoms with Crippen LogP contribution in [0.1, 0.15) is 33.4 Å². The zero-order valence-corrected chi connectivity index (χ0v) is 11.7. The number of nitrogens with zero attached hydrogens (tertiary/aromatic N) is 2. The lowest BCUT2D eigenvalue weighted by Gasteiger charge is -1.92. The van der Waals surface area contributed by atoms with Gasteiger partial charge in [0.15, 0.2) is 0 Å². The van der Waals surface area contributed by atoms with Crippen LogP contribution < -0.4 is 0 Å². The fraction of sp³-hybridized carbons (Fsp3) is 0. The molecule has 0 bridgehead atoms. The summed E-state index contributed by atoms with van der Waals surface area (Å²) in [4.78, 5) is 0. The molecule has 0 heterocycles. The number of hydrogen-bond donors (Lipinski definition) is 0. The summed E-state index contributed by atoms with van der Waals surface area (Å²) in [6.07, 6.45) is 7.32. The van der Waals surface area contributed by atoms with Gasteiger partial charge in [0.05, 0.1) is 12.1 Å². The zero-order chi connectivity index (χ0) is 15.1. The number of allylic oxidation sites excluding steroid dienone is 2. The fourth-order valence-corrected chi connectivity index (χ4v) is 2.93. The maximum absolute atomic E-state index is 8.91. The summed E-state index contributed by atoms with van der Waals surface area (Å²) in [5.41, 5.74) is 8.85. The van der Waals surface area contributed by atoms with Crippen molar-refractivity contribution in [1.29, 1.82) is 10.5 Å². The molecular formula is C20H10N2. The number of hydrogen-bond acceptors (Lipinski definition) is 2. The number of nitriles is 2. The van der Waals surface area contributed by atoms with Crippen LogP contribution in [0, 0.1) is 22.7 Å². The molecule has 0 spiro atoms. The molecule has 0 saturated heterocycles. The van der Waals surface area contributed by atoms with Crippen LogP contribution in [0.3, 0.4) is 0 Å². The van der Waals surface area contributed by atoms with E-state index in [2.05, 4.69) is 42.5 Å². The Morgan fingerprint density at radius 1 is 0.773 bits per heavy atom. The summed E-state index contributed by atoms with van der Waals surface area (Å²) in [5.74, 6) is 0. The first-order valence-corrected chi connectivity index (χ1v) is 7.00. The van der Waals surface area contributed by atoms with Gasteiger partial charge in [0.2, 0.25) is 0 Å². The molecule has 0 aliphatic heterocycles. The lowest BCUT2D eigenvalue weighted by Crippen LogP contribution is -1.72. The second-order valence-corrected chi connectivity index (χ2v) is 5.26. The summed E-state index contributed by atoms with van der Waals surface area (Å²) in [6.45, 7) is 0. The van der Waals surface area contributed by atoms with Crippen LogP contribution >= 0.6 is 0 Å². The van der Waals surface area contributed by atoms with Crippen molar-refractivity contribution >= 4 is 23.3 Å². The van der Waals surface area contributed by atoms with E-state index in [4.69, 9.17) is 10.5 Å². The SMILES string of the molecule is N#C/C=C1/c2cc(/C=C/c3ccccc3)c3c(c21)/C3=C\C#N. The largest absolute Gasteiger partial charge is 0.193 e. The van der Waals surface area contributed by atoms with Gasteiger partial charge in [0.25, 0.3) is 0 Å². The van der Waals surface area contributed by atoms with Crippen LogP contribution in [0.4, 0.5) is 0 Å². The first-order chi connectivity index (χ1) is 10.8. The number of fused-ring (bicyclic) bond motifs is 3. The van der Waals surface area contributed by atoms with E-state index < -0.39 is 0 Å². The molecular weight excluding hydrogens is 268 g/mol. The maximum atomic E-state index is 8.91. The van der Waals surface area contributed by atoms with Crippen LogP contribution in [0.5, 0.6) is 0 Å². The smallest absolute Gasteiger partial charge is 0.0918 e. The monoisotopic (exact) mass is 278 g/mol. The Balaban J connectivity index is 1.78. The van der Waals surface area contributed by atoms with E-state index in [-0.39, 0.29) is 0 Å². The molecule has 0 unspecified atom stereocenters. The molecule has 0 aromatic heterocycles. The van der Waals surface area contributed by atoms with Gasteiger partial charge in [-0.15, -0.1) is 0 Å². The van der Waals surface area contributed by atoms with Crippen LogP contribution in [0.15, 0.2) is 48.6 Å². The highest BCUT2D eigenvalue weighted by Crippen LogP contribution is 2.59. The van der Waals surface area contributed by atoms with Crippen molar-refractivity contribution in [2.45, 2.75) is 0 Å². The Bertz CT molecular complexity index is 975. The first kappa shape index (κ1) is 12.4. The summed E-state index contributed by atoms with van der Waals surface area (Å²) >= 11 is 0. The lowest BCUT2D eigenvalue weighted by atomic mass is 10.1. The Morgan fingerprint density at radius 2 is 1.50 bits per heavy atom. The van der Waals surface area contributed by atoms with Gasteiger partial charge in [0.1, 0.15) is 0 Å². The van der Waals surface area contributed by atoms with E-state index >= 15 is 0 Å². The van der Waals surface area contributed by atoms with E-state index in [1.807, 2.05) is 18.2 Å². The highest BCUT2D eigenvalue weighted by molar-refractivity contribution is 6.18. The van der Waals surface area contributed by atoms with Crippen LogP contribution in [-0.2, 0) is 0 Å². The van der Waals surface area contributed by atoms with Crippen molar-refractivity contribution in [3.63, 3.8) is 0 Å². The van der Waals surface area contributed by atoms with Gasteiger partial charge in [-0.3, -0.25) is 0 Å². The Morgan fingerprint density at radius 3 is 2.23 bits per heavy atom. The molecule has 2 aromatic rings. The average Bonchev–Trinajstić information content (AvgIpc) is 3.43. The predicted molar refractivity (Wildman–Crippen MR) is 87.2 cm³/mol. The van der Waals surface area contributed by atoms with E-state index in [0.717, 1.165) is 44.5 Å². The minimum absolute atomic E-state index is 1.01. The highest BCUT2D eigenvalue weighted by Gasteiger charge is 2.42. The number of benzene rings is 2. The zero-order valence-electron chi connectivity index (χ0n) is 11.7. The summed E-state index contributed by atoms with van der Waals surface area (Å²) in [7, 11) is 0. The fourth-order valence-electron chi connectivity index (χ4n) is 2.93. The molecule has 100 valence electrons. The second kappa shape index (κ2) is 4.58. The maximum Gasteiger partial charge on any atom is 0.0918 e. The molecule has 0 amide bonds. The van der Waals surface area contributed by atoms with Crippen molar-refractivity contribution in [2.24, 2.45) is 0 Å². The predicted octanol–water partition coefficient (Wildman–Crippen LogP) is 4.39. The van der Waals surface area contributed by atoms with E-state index in [0.29, 0.717) is 0 Å². The Kier molecular flexibility index (Phi) is 2.58. The quantitative estimate of drug-likeness (QED) is 0.403. The minimum Gasteiger partial charge on any atom is -0.193 e. The van der Waals surface area contributed by atoms with Crippen molar-refractivity contribution in [1.82, 2.24) is 0 Å². The minimum atomic E-state index is 1.01. The van der Waals surface area contributed by atoms with Crippen molar-refractivity contribution in [3.05, 3.63) is 81.9 Å². The van der Waals surface area contributed by atoms with Gasteiger partial charge < -0.3 is 0 Å². The highest BCUT2D eigenvalue weighted by atomic mass is 14.4. The van der Waals surface area contributed by atoms with Gasteiger partial charge in [-0.1, -0.05) is 42.5 Å². The third-order valence-electron chi connectivity index (χ3n) is 4.00. The molecule has 4 rings (SSSR count). The van der Waals surface area contributed by atoms with Crippen LogP contribution in [0.2, 0.25) is 0 Å². The van der Waals surface area contributed by atoms with Crippen LogP contribution in [-0.4, -0.2) is 0 Å². The van der Waals surface area contributed by atoms with E-state index in [1.54, 1.807) is 12.2 Å². The molecule has 2 heteroatoms. The molecule has 2 aliphatic carbocycles. The summed E-state index contributed by atoms with van der Waals surface area (Å²) < 4.78 is 0. The van der Waals surface area contributed by atoms with Gasteiger partial charge in [0, 0.05) is 28.9 Å². The average molecular weight is 278 g/mol. The lowest BCUT2D eigenvalue weighted by molar-refractivity contribution is 1.54. The molecule has 0 atom stereocenters. The van der Waals surface area contributed by atoms with Crippen LogP contribution in [0.25, 0.3) is 23.3 Å². The van der Waals surface area contributed by atoms with E-state index in [1.165, 1.54) is 0 Å². The molecule has 2 aliphatic rings. The van der Waals surface area contributed by atoms with Gasteiger partial charge in [-0.2, -0.15) is 10.5 Å². The Labute approximate surface area is 128 Å². The third-order valence-corrected chi connectivity index (χ3v) is 4.00. The molecule has 2 aromatic carbocycles. The number of rotatable bonds is 2. The Hall–Kier alpha value is -3.36. The van der Waals surface area contributed by atoms with Crippen molar-refractivity contribution in [3.8, 4) is 12.1 Å². The normalized spacial score (nSPS) is 17.0. The van der Waals surface area contributed by atoms with E-state index in [9.17, 15) is 0 Å². The first-order valence-electron chi connectivity index (χ1n) is 7.00. The van der Waals surface area contributed by atoms with Gasteiger partial charge >= 0.3 is 0 Å². The molecule has 0 radical (unpaired) electrons. The summed E-state index contributed by atoms with van der Waals surface area (Å²) in [6, 6.07) is 16.4. The molecule has 0 saturated carbocycles. The van der Waals surface area contributed by atoms with Crippen molar-refractivity contribution < 1.29 is 0 Å². The summed E-state index contributed by atoms with van der Waals surface area (Å²) in [5, 5.41) is 17.8. The topological polar surface area (TPSA) is 47.6 Å². The second-order valence-electron chi connectivity index (χ2n) is 5.26. The van der Waals surface area contributed by atoms with Gasteiger partial charge in [-0.25, -0.2) is 0 Å². The molecule has 0 N–H and O–H groups in total. The molecule has 2 nitrogen and oxygen atoms in total. The molecule has 22 heavy (non-hydrogen) atoms. The van der Waals surface area contributed by atoms with Crippen molar-refractivity contribution in [2.75, 3.05) is 0 Å². The molecule has 0 fully saturated rings. The standard InChI is InChI=1S/C20H10N2/c21-10-8-15-17-12-14(7-6-13-4-2-1-3-5-13)18-16(9-11-22)20(18)19(15)17/h1-9,12H/b7-6+,15-8-,16-9-. The third kappa shape index (κ3) is 1.79. The van der Waals surface area contributed by atoms with Gasteiger partial charge in [-0.05, 0) is 33.9 Å².